The molecule has 0 aliphatic carbocycles. The highest BCUT2D eigenvalue weighted by atomic mass is 32.2. The molecule has 0 unspecified atom stereocenters. The number of nitro benzene ring substituents is 1. The lowest BCUT2D eigenvalue weighted by Gasteiger charge is -2.26. The zero-order chi connectivity index (χ0) is 23.5. The first kappa shape index (κ1) is 22.6. The number of hydrogen-bond donors (Lipinski definition) is 1. The monoisotopic (exact) mass is 463 g/mol. The van der Waals surface area contributed by atoms with Crippen LogP contribution in [0.2, 0.25) is 0 Å². The lowest BCUT2D eigenvalue weighted by Crippen LogP contribution is -2.29. The van der Waals surface area contributed by atoms with Gasteiger partial charge in [0.1, 0.15) is 5.75 Å². The highest BCUT2D eigenvalue weighted by molar-refractivity contribution is 7.93. The molecule has 0 atom stereocenters. The van der Waals surface area contributed by atoms with Gasteiger partial charge in [-0.2, -0.15) is 8.78 Å². The summed E-state index contributed by atoms with van der Waals surface area (Å²) in [5.41, 5.74) is 4.39. The Kier molecular flexibility index (Phi) is 6.35. The molecule has 0 saturated heterocycles. The molecule has 0 spiro atoms. The van der Waals surface area contributed by atoms with Crippen molar-refractivity contribution in [1.29, 1.82) is 0 Å². The van der Waals surface area contributed by atoms with Gasteiger partial charge >= 0.3 is 6.61 Å². The van der Waals surface area contributed by atoms with Crippen LogP contribution >= 0.6 is 0 Å². The smallest absolute Gasteiger partial charge is 0.387 e. The number of benzene rings is 3. The number of sulfonamides is 1. The van der Waals surface area contributed by atoms with Gasteiger partial charge in [-0.15, -0.1) is 0 Å². The normalized spacial score (nSPS) is 11.2. The number of nitro groups is 1. The first-order valence-corrected chi connectivity index (χ1v) is 10.3. The van der Waals surface area contributed by atoms with Crippen molar-refractivity contribution in [3.63, 3.8) is 0 Å². The minimum absolute atomic E-state index is 0.164. The van der Waals surface area contributed by atoms with Crippen LogP contribution in [-0.2, 0) is 10.0 Å². The third kappa shape index (κ3) is 4.64. The number of carbonyl (C=O) groups is 1. The summed E-state index contributed by atoms with van der Waals surface area (Å²) in [5, 5.41) is 11.1. The second-order valence-corrected chi connectivity index (χ2v) is 8.07. The van der Waals surface area contributed by atoms with E-state index in [4.69, 9.17) is 5.73 Å². The van der Waals surface area contributed by atoms with Crippen LogP contribution in [0.1, 0.15) is 10.4 Å². The maximum Gasteiger partial charge on any atom is 0.387 e. The molecular weight excluding hydrogens is 448 g/mol. The Bertz CT molecular complexity index is 1280. The van der Waals surface area contributed by atoms with Crippen LogP contribution in [0.25, 0.3) is 0 Å². The lowest BCUT2D eigenvalue weighted by atomic mass is 10.1. The summed E-state index contributed by atoms with van der Waals surface area (Å²) in [4.78, 5) is 21.9. The van der Waals surface area contributed by atoms with Crippen LogP contribution in [0.15, 0.2) is 77.7 Å². The maximum atomic E-state index is 13.6. The Morgan fingerprint density at radius 3 is 2.38 bits per heavy atom. The van der Waals surface area contributed by atoms with Crippen molar-refractivity contribution >= 4 is 33.0 Å². The van der Waals surface area contributed by atoms with Crippen molar-refractivity contribution in [1.82, 2.24) is 0 Å². The molecule has 9 nitrogen and oxygen atoms in total. The number of primary amides is 1. The van der Waals surface area contributed by atoms with Crippen LogP contribution in [0, 0.1) is 10.1 Å². The third-order valence-electron chi connectivity index (χ3n) is 4.23. The Hall–Kier alpha value is -4.06. The molecule has 0 aliphatic rings. The Morgan fingerprint density at radius 1 is 1.03 bits per heavy atom. The van der Waals surface area contributed by atoms with Crippen molar-refractivity contribution in [2.24, 2.45) is 5.73 Å². The molecule has 0 aliphatic heterocycles. The van der Waals surface area contributed by atoms with Crippen molar-refractivity contribution in [3.8, 4) is 5.75 Å². The summed E-state index contributed by atoms with van der Waals surface area (Å²) < 4.78 is 57.6. The van der Waals surface area contributed by atoms with E-state index in [2.05, 4.69) is 4.74 Å². The molecule has 32 heavy (non-hydrogen) atoms. The first-order chi connectivity index (χ1) is 15.1. The molecule has 3 rings (SSSR count). The van der Waals surface area contributed by atoms with Crippen molar-refractivity contribution in [3.05, 3.63) is 88.5 Å². The van der Waals surface area contributed by atoms with Gasteiger partial charge in [0, 0.05) is 18.2 Å². The molecule has 0 aromatic heterocycles. The highest BCUT2D eigenvalue weighted by Crippen LogP contribution is 2.37. The molecule has 0 radical (unpaired) electrons. The zero-order valence-electron chi connectivity index (χ0n) is 16.1. The molecular formula is C20H15F2N3O6S. The minimum Gasteiger partial charge on any atom is -0.435 e. The fraction of sp³-hybridized carbons (Fsp3) is 0.0500. The number of nitrogens with two attached hydrogens (primary N) is 1. The van der Waals surface area contributed by atoms with Gasteiger partial charge in [0.25, 0.3) is 21.6 Å². The first-order valence-electron chi connectivity index (χ1n) is 8.85. The minimum atomic E-state index is -4.59. The molecule has 12 heteroatoms. The van der Waals surface area contributed by atoms with E-state index in [0.717, 1.165) is 24.3 Å². The summed E-state index contributed by atoms with van der Waals surface area (Å²) >= 11 is 0. The zero-order valence-corrected chi connectivity index (χ0v) is 16.9. The number of halogens is 2. The number of alkyl halides is 2. The molecule has 0 fully saturated rings. The van der Waals surface area contributed by atoms with Crippen LogP contribution in [0.3, 0.4) is 0 Å². The number of rotatable bonds is 8. The van der Waals surface area contributed by atoms with E-state index in [1.54, 1.807) is 0 Å². The SMILES string of the molecule is NC(=O)c1ccccc1N(c1cccc(OC(F)F)c1)S(=O)(=O)c1cccc([N+](=O)[O-])c1. The Labute approximate surface area is 180 Å². The van der Waals surface area contributed by atoms with Gasteiger partial charge in [-0.25, -0.2) is 12.7 Å². The summed E-state index contributed by atoms with van der Waals surface area (Å²) in [7, 11) is -4.59. The molecule has 166 valence electrons. The summed E-state index contributed by atoms with van der Waals surface area (Å²) in [6.45, 7) is -3.16. The number of amides is 1. The van der Waals surface area contributed by atoms with Crippen LogP contribution in [0.5, 0.6) is 5.75 Å². The fourth-order valence-corrected chi connectivity index (χ4v) is 4.46. The molecule has 1 amide bonds. The number of carbonyl (C=O) groups excluding carboxylic acids is 1. The lowest BCUT2D eigenvalue weighted by molar-refractivity contribution is -0.385. The van der Waals surface area contributed by atoms with Gasteiger partial charge in [-0.1, -0.05) is 24.3 Å². The van der Waals surface area contributed by atoms with Crippen LogP contribution < -0.4 is 14.8 Å². The highest BCUT2D eigenvalue weighted by Gasteiger charge is 2.31. The second-order valence-electron chi connectivity index (χ2n) is 6.28. The predicted octanol–water partition coefficient (Wildman–Crippen LogP) is 3.82. The van der Waals surface area contributed by atoms with E-state index in [9.17, 15) is 32.1 Å². The largest absolute Gasteiger partial charge is 0.435 e. The van der Waals surface area contributed by atoms with E-state index in [0.29, 0.717) is 4.31 Å². The topological polar surface area (TPSA) is 133 Å². The number of nitrogens with zero attached hydrogens (tertiary/aromatic N) is 2. The van der Waals surface area contributed by atoms with Gasteiger partial charge in [0.05, 0.1) is 26.8 Å². The molecule has 2 N–H and O–H groups in total. The summed E-state index contributed by atoms with van der Waals surface area (Å²) in [5.74, 6) is -1.28. The van der Waals surface area contributed by atoms with E-state index >= 15 is 0 Å². The Balaban J connectivity index is 2.28. The number of non-ortho nitro benzene ring substituents is 1. The Morgan fingerprint density at radius 2 is 1.72 bits per heavy atom. The van der Waals surface area contributed by atoms with Gasteiger partial charge in [0.2, 0.25) is 0 Å². The van der Waals surface area contributed by atoms with Gasteiger partial charge in [0.15, 0.2) is 0 Å². The summed E-state index contributed by atoms with van der Waals surface area (Å²) in [6.07, 6.45) is 0. The van der Waals surface area contributed by atoms with E-state index < -0.39 is 38.0 Å². The second kappa shape index (κ2) is 8.98. The fourth-order valence-electron chi connectivity index (χ4n) is 2.92. The number of ether oxygens (including phenoxy) is 1. The standard InChI is InChI=1S/C20H15F2N3O6S/c21-20(22)31-15-7-3-5-13(11-15)24(18-10-2-1-9-17(18)19(23)26)32(29,30)16-8-4-6-14(12-16)25(27)28/h1-12,20H,(H2,23,26). The molecule has 3 aromatic carbocycles. The van der Waals surface area contributed by atoms with Gasteiger partial charge < -0.3 is 10.5 Å². The molecule has 3 aromatic rings. The van der Waals surface area contributed by atoms with Crippen molar-refractivity contribution < 1.29 is 31.7 Å². The van der Waals surface area contributed by atoms with Crippen molar-refractivity contribution in [2.75, 3.05) is 4.31 Å². The number of para-hydroxylation sites is 1. The quantitative estimate of drug-likeness (QED) is 0.399. The average Bonchev–Trinajstić information content (AvgIpc) is 2.74. The number of hydrogen-bond acceptors (Lipinski definition) is 6. The summed E-state index contributed by atoms with van der Waals surface area (Å²) in [6, 6.07) is 14.5. The van der Waals surface area contributed by atoms with E-state index in [1.165, 1.54) is 48.5 Å². The van der Waals surface area contributed by atoms with Gasteiger partial charge in [-0.3, -0.25) is 14.9 Å². The third-order valence-corrected chi connectivity index (χ3v) is 5.97. The maximum absolute atomic E-state index is 13.6. The van der Waals surface area contributed by atoms with E-state index in [-0.39, 0.29) is 22.7 Å². The van der Waals surface area contributed by atoms with E-state index in [1.807, 2.05) is 0 Å². The molecule has 0 bridgehead atoms. The van der Waals surface area contributed by atoms with Crippen molar-refractivity contribution in [2.45, 2.75) is 11.5 Å². The van der Waals surface area contributed by atoms with Gasteiger partial charge in [-0.05, 0) is 30.3 Å². The predicted molar refractivity (Wildman–Crippen MR) is 110 cm³/mol. The van der Waals surface area contributed by atoms with Crippen LogP contribution in [0.4, 0.5) is 25.8 Å². The average molecular weight is 463 g/mol. The molecule has 0 heterocycles. The molecule has 0 saturated carbocycles. The van der Waals surface area contributed by atoms with Crippen LogP contribution in [-0.4, -0.2) is 25.9 Å². The number of anilines is 2.